The third-order valence-corrected chi connectivity index (χ3v) is 3.70. The van der Waals surface area contributed by atoms with Gasteiger partial charge in [-0.05, 0) is 37.2 Å². The van der Waals surface area contributed by atoms with Crippen LogP contribution in [0.2, 0.25) is 0 Å². The minimum Gasteiger partial charge on any atom is -0.376 e. The summed E-state index contributed by atoms with van der Waals surface area (Å²) >= 11 is 5.17. The van der Waals surface area contributed by atoms with E-state index in [2.05, 4.69) is 21.5 Å². The number of carbonyl (C=O) groups excluding carboxylic acids is 1. The highest BCUT2D eigenvalue weighted by Crippen LogP contribution is 2.17. The standard InChI is InChI=1S/C15H22N4OS/c20-14(11-16-12-7-3-1-4-8-12)18-19-15(21)17-13-9-5-2-6-10-13/h1,3-4,7-8,13,16H,2,5-6,9-11H2,(H,18,20)(H2,17,19,21). The highest BCUT2D eigenvalue weighted by molar-refractivity contribution is 7.80. The van der Waals surface area contributed by atoms with E-state index in [4.69, 9.17) is 12.2 Å². The summed E-state index contributed by atoms with van der Waals surface area (Å²) in [7, 11) is 0. The fraction of sp³-hybridized carbons (Fsp3) is 0.467. The number of nitrogens with one attached hydrogen (secondary N) is 4. The highest BCUT2D eigenvalue weighted by atomic mass is 32.1. The predicted molar refractivity (Wildman–Crippen MR) is 88.8 cm³/mol. The van der Waals surface area contributed by atoms with Gasteiger partial charge in [0.1, 0.15) is 0 Å². The lowest BCUT2D eigenvalue weighted by Gasteiger charge is -2.24. The average molecular weight is 306 g/mol. The molecule has 0 heterocycles. The monoisotopic (exact) mass is 306 g/mol. The molecule has 0 aromatic heterocycles. The number of amides is 1. The van der Waals surface area contributed by atoms with Crippen molar-refractivity contribution in [2.24, 2.45) is 0 Å². The van der Waals surface area contributed by atoms with Crippen LogP contribution in [-0.2, 0) is 4.79 Å². The SMILES string of the molecule is O=C(CNc1ccccc1)NNC(=S)NC1CCCCC1. The van der Waals surface area contributed by atoms with E-state index in [0.29, 0.717) is 11.2 Å². The van der Waals surface area contributed by atoms with Crippen molar-refractivity contribution in [3.8, 4) is 0 Å². The zero-order chi connectivity index (χ0) is 14.9. The maximum absolute atomic E-state index is 11.7. The molecule has 1 aliphatic rings. The van der Waals surface area contributed by atoms with E-state index in [-0.39, 0.29) is 12.5 Å². The summed E-state index contributed by atoms with van der Waals surface area (Å²) in [5.41, 5.74) is 6.25. The van der Waals surface area contributed by atoms with Crippen LogP contribution in [0.5, 0.6) is 0 Å². The Morgan fingerprint density at radius 3 is 2.52 bits per heavy atom. The first-order chi connectivity index (χ1) is 10.2. The molecule has 21 heavy (non-hydrogen) atoms. The Morgan fingerprint density at radius 2 is 1.81 bits per heavy atom. The van der Waals surface area contributed by atoms with Gasteiger partial charge in [0.15, 0.2) is 5.11 Å². The van der Waals surface area contributed by atoms with E-state index in [1.807, 2.05) is 30.3 Å². The summed E-state index contributed by atoms with van der Waals surface area (Å²) in [5, 5.41) is 6.75. The van der Waals surface area contributed by atoms with E-state index in [0.717, 1.165) is 18.5 Å². The lowest BCUT2D eigenvalue weighted by molar-refractivity contribution is -0.119. The molecule has 6 heteroatoms. The van der Waals surface area contributed by atoms with Gasteiger partial charge in [0.05, 0.1) is 6.54 Å². The third kappa shape index (κ3) is 5.99. The second kappa shape index (κ2) is 8.46. The largest absolute Gasteiger partial charge is 0.376 e. The van der Waals surface area contributed by atoms with Crippen LogP contribution < -0.4 is 21.5 Å². The van der Waals surface area contributed by atoms with Crippen LogP contribution in [0.3, 0.4) is 0 Å². The maximum Gasteiger partial charge on any atom is 0.257 e. The van der Waals surface area contributed by atoms with E-state index in [1.54, 1.807) is 0 Å². The van der Waals surface area contributed by atoms with Crippen molar-refractivity contribution < 1.29 is 4.79 Å². The number of para-hydroxylation sites is 1. The van der Waals surface area contributed by atoms with Crippen LogP contribution in [0.25, 0.3) is 0 Å². The van der Waals surface area contributed by atoms with Crippen LogP contribution in [0.1, 0.15) is 32.1 Å². The highest BCUT2D eigenvalue weighted by Gasteiger charge is 2.13. The molecule has 1 aromatic carbocycles. The Kier molecular flexibility index (Phi) is 6.27. The van der Waals surface area contributed by atoms with Gasteiger partial charge in [0.2, 0.25) is 0 Å². The van der Waals surface area contributed by atoms with Gasteiger partial charge in [-0.1, -0.05) is 37.5 Å². The molecule has 5 nitrogen and oxygen atoms in total. The number of carbonyl (C=O) groups is 1. The van der Waals surface area contributed by atoms with Crippen molar-refractivity contribution >= 4 is 28.9 Å². The number of anilines is 1. The lowest BCUT2D eigenvalue weighted by Crippen LogP contribution is -2.51. The van der Waals surface area contributed by atoms with Gasteiger partial charge >= 0.3 is 0 Å². The maximum atomic E-state index is 11.7. The smallest absolute Gasteiger partial charge is 0.257 e. The number of hydrazine groups is 1. The van der Waals surface area contributed by atoms with Crippen molar-refractivity contribution in [2.45, 2.75) is 38.1 Å². The van der Waals surface area contributed by atoms with Crippen LogP contribution in [0, 0.1) is 0 Å². The molecule has 0 radical (unpaired) electrons. The van der Waals surface area contributed by atoms with Crippen LogP contribution in [-0.4, -0.2) is 23.6 Å². The summed E-state index contributed by atoms with van der Waals surface area (Å²) in [5.74, 6) is -0.161. The molecule has 0 bridgehead atoms. The molecule has 1 aromatic rings. The van der Waals surface area contributed by atoms with E-state index >= 15 is 0 Å². The molecule has 0 atom stereocenters. The van der Waals surface area contributed by atoms with Gasteiger partial charge in [0, 0.05) is 11.7 Å². The Hall–Kier alpha value is -1.82. The fourth-order valence-electron chi connectivity index (χ4n) is 2.38. The predicted octanol–water partition coefficient (Wildman–Crippen LogP) is 1.93. The third-order valence-electron chi connectivity index (χ3n) is 3.48. The second-order valence-corrected chi connectivity index (χ2v) is 5.61. The normalized spacial score (nSPS) is 15.0. The minimum atomic E-state index is -0.161. The molecule has 1 aliphatic carbocycles. The topological polar surface area (TPSA) is 65.2 Å². The first-order valence-corrected chi connectivity index (χ1v) is 7.79. The zero-order valence-corrected chi connectivity index (χ0v) is 12.8. The van der Waals surface area contributed by atoms with Gasteiger partial charge < -0.3 is 10.6 Å². The molecule has 114 valence electrons. The van der Waals surface area contributed by atoms with E-state index in [1.165, 1.54) is 19.3 Å². The van der Waals surface area contributed by atoms with Crippen molar-refractivity contribution in [2.75, 3.05) is 11.9 Å². The van der Waals surface area contributed by atoms with Crippen molar-refractivity contribution in [1.29, 1.82) is 0 Å². The minimum absolute atomic E-state index is 0.161. The first-order valence-electron chi connectivity index (χ1n) is 7.38. The Bertz CT molecular complexity index is 460. The van der Waals surface area contributed by atoms with Gasteiger partial charge in [-0.15, -0.1) is 0 Å². The van der Waals surface area contributed by atoms with Crippen molar-refractivity contribution in [1.82, 2.24) is 16.2 Å². The number of hydrogen-bond acceptors (Lipinski definition) is 3. The average Bonchev–Trinajstić information content (AvgIpc) is 2.53. The molecular formula is C15H22N4OS. The molecular weight excluding hydrogens is 284 g/mol. The first kappa shape index (κ1) is 15.6. The molecule has 1 saturated carbocycles. The summed E-state index contributed by atoms with van der Waals surface area (Å²) in [4.78, 5) is 11.7. The molecule has 0 aliphatic heterocycles. The molecule has 0 spiro atoms. The van der Waals surface area contributed by atoms with E-state index in [9.17, 15) is 4.79 Å². The molecule has 1 amide bonds. The number of thiocarbonyl (C=S) groups is 1. The number of benzene rings is 1. The molecule has 1 fully saturated rings. The van der Waals surface area contributed by atoms with Crippen LogP contribution in [0.15, 0.2) is 30.3 Å². The van der Waals surface area contributed by atoms with Crippen molar-refractivity contribution in [3.05, 3.63) is 30.3 Å². The number of rotatable bonds is 4. The second-order valence-electron chi connectivity index (χ2n) is 5.20. The Morgan fingerprint density at radius 1 is 1.10 bits per heavy atom. The van der Waals surface area contributed by atoms with Gasteiger partial charge in [-0.25, -0.2) is 0 Å². The molecule has 0 saturated heterocycles. The molecule has 4 N–H and O–H groups in total. The Labute approximate surface area is 130 Å². The quantitative estimate of drug-likeness (QED) is 0.506. The summed E-state index contributed by atoms with van der Waals surface area (Å²) in [6.45, 7) is 0.197. The zero-order valence-electron chi connectivity index (χ0n) is 12.0. The van der Waals surface area contributed by atoms with Gasteiger partial charge in [-0.2, -0.15) is 0 Å². The van der Waals surface area contributed by atoms with Crippen LogP contribution in [0.4, 0.5) is 5.69 Å². The van der Waals surface area contributed by atoms with Crippen LogP contribution >= 0.6 is 12.2 Å². The van der Waals surface area contributed by atoms with E-state index < -0.39 is 0 Å². The Balaban J connectivity index is 1.60. The van der Waals surface area contributed by atoms with Gasteiger partial charge in [0.25, 0.3) is 5.91 Å². The molecule has 2 rings (SSSR count). The van der Waals surface area contributed by atoms with Gasteiger partial charge in [-0.3, -0.25) is 15.6 Å². The fourth-order valence-corrected chi connectivity index (χ4v) is 2.60. The lowest BCUT2D eigenvalue weighted by atomic mass is 9.96. The summed E-state index contributed by atoms with van der Waals surface area (Å²) < 4.78 is 0. The molecule has 0 unspecified atom stereocenters. The summed E-state index contributed by atoms with van der Waals surface area (Å²) in [6.07, 6.45) is 6.08. The van der Waals surface area contributed by atoms with Crippen molar-refractivity contribution in [3.63, 3.8) is 0 Å². The summed E-state index contributed by atoms with van der Waals surface area (Å²) in [6, 6.07) is 10.0. The number of hydrogen-bond donors (Lipinski definition) is 4.